The lowest BCUT2D eigenvalue weighted by atomic mass is 10.2. The number of hydrogen-bond acceptors (Lipinski definition) is 5. The third kappa shape index (κ3) is 3.22. The molecule has 0 saturated carbocycles. The molecule has 0 aromatic heterocycles. The second-order valence-electron chi connectivity index (χ2n) is 4.44. The van der Waals surface area contributed by atoms with Gasteiger partial charge in [-0.3, -0.25) is 4.79 Å². The zero-order valence-corrected chi connectivity index (χ0v) is 12.0. The van der Waals surface area contributed by atoms with E-state index in [1.807, 2.05) is 30.3 Å². The molecule has 0 aliphatic carbocycles. The largest absolute Gasteiger partial charge is 0.454 e. The van der Waals surface area contributed by atoms with Gasteiger partial charge in [0.1, 0.15) is 0 Å². The topological polar surface area (TPSA) is 73.6 Å². The van der Waals surface area contributed by atoms with Crippen LogP contribution in [0.2, 0.25) is 0 Å². The number of nitrogens with two attached hydrogens (primary N) is 1. The van der Waals surface area contributed by atoms with Crippen molar-refractivity contribution < 1.29 is 14.3 Å². The fourth-order valence-corrected chi connectivity index (χ4v) is 2.64. The van der Waals surface area contributed by atoms with Crippen molar-refractivity contribution in [1.82, 2.24) is 0 Å². The van der Waals surface area contributed by atoms with Crippen molar-refractivity contribution >= 4 is 29.0 Å². The van der Waals surface area contributed by atoms with Crippen molar-refractivity contribution in [3.8, 4) is 11.5 Å². The molecule has 3 rings (SSSR count). The summed E-state index contributed by atoms with van der Waals surface area (Å²) in [5.41, 5.74) is 6.89. The van der Waals surface area contributed by atoms with Crippen molar-refractivity contribution in [1.29, 1.82) is 0 Å². The van der Waals surface area contributed by atoms with Crippen molar-refractivity contribution in [3.05, 3.63) is 42.5 Å². The molecule has 1 amide bonds. The van der Waals surface area contributed by atoms with E-state index in [0.717, 1.165) is 4.90 Å². The molecule has 0 spiro atoms. The molecule has 1 aliphatic rings. The minimum atomic E-state index is -0.116. The average Bonchev–Trinajstić information content (AvgIpc) is 2.94. The van der Waals surface area contributed by atoms with Crippen LogP contribution >= 0.6 is 11.8 Å². The van der Waals surface area contributed by atoms with Crippen LogP contribution in [-0.4, -0.2) is 18.5 Å². The van der Waals surface area contributed by atoms with Crippen molar-refractivity contribution in [3.63, 3.8) is 0 Å². The number of hydrogen-bond donors (Lipinski definition) is 2. The highest BCUT2D eigenvalue weighted by atomic mass is 32.2. The first-order valence-corrected chi connectivity index (χ1v) is 7.38. The average molecular weight is 302 g/mol. The Morgan fingerprint density at radius 2 is 1.90 bits per heavy atom. The predicted octanol–water partition coefficient (Wildman–Crippen LogP) is 2.73. The molecular weight excluding hydrogens is 288 g/mol. The van der Waals surface area contributed by atoms with Crippen molar-refractivity contribution in [2.45, 2.75) is 4.90 Å². The van der Waals surface area contributed by atoms with E-state index >= 15 is 0 Å². The first-order valence-electron chi connectivity index (χ1n) is 6.39. The van der Waals surface area contributed by atoms with Crippen LogP contribution in [0.1, 0.15) is 0 Å². The third-order valence-corrected chi connectivity index (χ3v) is 3.94. The van der Waals surface area contributed by atoms with Crippen molar-refractivity contribution in [2.75, 3.05) is 23.6 Å². The number of nitrogen functional groups attached to an aromatic ring is 1. The van der Waals surface area contributed by atoms with Gasteiger partial charge in [-0.1, -0.05) is 18.2 Å². The number of rotatable bonds is 4. The van der Waals surface area contributed by atoms with Gasteiger partial charge in [-0.15, -0.1) is 11.8 Å². The highest BCUT2D eigenvalue weighted by Gasteiger charge is 2.17. The van der Waals surface area contributed by atoms with E-state index in [1.165, 1.54) is 11.8 Å². The van der Waals surface area contributed by atoms with Crippen LogP contribution < -0.4 is 20.5 Å². The summed E-state index contributed by atoms with van der Waals surface area (Å²) in [5, 5.41) is 2.79. The maximum atomic E-state index is 12.0. The Balaban J connectivity index is 1.62. The Morgan fingerprint density at radius 1 is 1.19 bits per heavy atom. The van der Waals surface area contributed by atoms with Gasteiger partial charge in [0.25, 0.3) is 0 Å². The quantitative estimate of drug-likeness (QED) is 0.671. The number of thioether (sulfide) groups is 1. The second kappa shape index (κ2) is 5.97. The lowest BCUT2D eigenvalue weighted by Gasteiger charge is -2.09. The molecular formula is C15H14N2O3S. The van der Waals surface area contributed by atoms with Crippen LogP contribution in [0.5, 0.6) is 11.5 Å². The zero-order valence-electron chi connectivity index (χ0n) is 11.2. The van der Waals surface area contributed by atoms with E-state index in [2.05, 4.69) is 5.32 Å². The molecule has 5 nitrogen and oxygen atoms in total. The SMILES string of the molecule is Nc1cc2c(cc1NC(=O)CSc1ccccc1)OCO2. The number of anilines is 2. The molecule has 21 heavy (non-hydrogen) atoms. The number of amides is 1. The molecule has 0 radical (unpaired) electrons. The van der Waals surface area contributed by atoms with Crippen LogP contribution in [0.4, 0.5) is 11.4 Å². The first kappa shape index (κ1) is 13.6. The van der Waals surface area contributed by atoms with Crippen LogP contribution in [-0.2, 0) is 4.79 Å². The number of fused-ring (bicyclic) bond motifs is 1. The highest BCUT2D eigenvalue weighted by molar-refractivity contribution is 8.00. The van der Waals surface area contributed by atoms with E-state index in [-0.39, 0.29) is 12.7 Å². The first-order chi connectivity index (χ1) is 10.2. The number of nitrogens with one attached hydrogen (secondary N) is 1. The molecule has 1 heterocycles. The molecule has 0 saturated heterocycles. The summed E-state index contributed by atoms with van der Waals surface area (Å²) in [7, 11) is 0. The molecule has 0 unspecified atom stereocenters. The Labute approximate surface area is 126 Å². The molecule has 6 heteroatoms. The fourth-order valence-electron chi connectivity index (χ4n) is 1.92. The monoisotopic (exact) mass is 302 g/mol. The lowest BCUT2D eigenvalue weighted by Crippen LogP contribution is -2.15. The van der Waals surface area contributed by atoms with Crippen LogP contribution in [0.3, 0.4) is 0 Å². The fraction of sp³-hybridized carbons (Fsp3) is 0.133. The summed E-state index contributed by atoms with van der Waals surface area (Å²) in [6.45, 7) is 0.177. The van der Waals surface area contributed by atoms with Crippen LogP contribution in [0.15, 0.2) is 47.4 Å². The van der Waals surface area contributed by atoms with Crippen molar-refractivity contribution in [2.24, 2.45) is 0 Å². The number of ether oxygens (including phenoxy) is 2. The Bertz CT molecular complexity index is 661. The highest BCUT2D eigenvalue weighted by Crippen LogP contribution is 2.38. The molecule has 108 valence electrons. The summed E-state index contributed by atoms with van der Waals surface area (Å²) in [4.78, 5) is 13.0. The number of benzene rings is 2. The Hall–Kier alpha value is -2.34. The van der Waals surface area contributed by atoms with Crippen LogP contribution in [0.25, 0.3) is 0 Å². The van der Waals surface area contributed by atoms with Gasteiger partial charge in [-0.2, -0.15) is 0 Å². The van der Waals surface area contributed by atoms with Gasteiger partial charge in [0, 0.05) is 17.0 Å². The standard InChI is InChI=1S/C15H14N2O3S/c16-11-6-13-14(20-9-19-13)7-12(11)17-15(18)8-21-10-4-2-1-3-5-10/h1-7H,8-9,16H2,(H,17,18). The van der Waals surface area contributed by atoms with E-state index in [4.69, 9.17) is 15.2 Å². The van der Waals surface area contributed by atoms with E-state index in [9.17, 15) is 4.79 Å². The molecule has 0 fully saturated rings. The van der Waals surface area contributed by atoms with Gasteiger partial charge in [-0.05, 0) is 12.1 Å². The van der Waals surface area contributed by atoms with Gasteiger partial charge in [0.05, 0.1) is 17.1 Å². The summed E-state index contributed by atoms with van der Waals surface area (Å²) in [6.07, 6.45) is 0. The van der Waals surface area contributed by atoms with Gasteiger partial charge in [0.15, 0.2) is 11.5 Å². The molecule has 2 aromatic carbocycles. The molecule has 2 aromatic rings. The summed E-state index contributed by atoms with van der Waals surface area (Å²) >= 11 is 1.47. The third-order valence-electron chi connectivity index (χ3n) is 2.93. The molecule has 0 atom stereocenters. The molecule has 3 N–H and O–H groups in total. The Morgan fingerprint density at radius 3 is 2.67 bits per heavy atom. The van der Waals surface area contributed by atoms with Gasteiger partial charge >= 0.3 is 0 Å². The molecule has 0 bridgehead atoms. The minimum Gasteiger partial charge on any atom is -0.454 e. The second-order valence-corrected chi connectivity index (χ2v) is 5.49. The maximum absolute atomic E-state index is 12.0. The van der Waals surface area contributed by atoms with Gasteiger partial charge < -0.3 is 20.5 Å². The number of carbonyl (C=O) groups is 1. The number of carbonyl (C=O) groups excluding carboxylic acids is 1. The van der Waals surface area contributed by atoms with E-state index in [0.29, 0.717) is 28.6 Å². The van der Waals surface area contributed by atoms with Crippen LogP contribution in [0, 0.1) is 0 Å². The summed E-state index contributed by atoms with van der Waals surface area (Å²) < 4.78 is 10.5. The zero-order chi connectivity index (χ0) is 14.7. The molecule has 1 aliphatic heterocycles. The predicted molar refractivity (Wildman–Crippen MR) is 82.8 cm³/mol. The van der Waals surface area contributed by atoms with Gasteiger partial charge in [0.2, 0.25) is 12.7 Å². The maximum Gasteiger partial charge on any atom is 0.234 e. The smallest absolute Gasteiger partial charge is 0.234 e. The summed E-state index contributed by atoms with van der Waals surface area (Å²) in [6, 6.07) is 13.1. The van der Waals surface area contributed by atoms with E-state index in [1.54, 1.807) is 12.1 Å². The normalized spacial score (nSPS) is 12.2. The summed E-state index contributed by atoms with van der Waals surface area (Å²) in [5.74, 6) is 1.39. The Kier molecular flexibility index (Phi) is 3.87. The minimum absolute atomic E-state index is 0.116. The lowest BCUT2D eigenvalue weighted by molar-refractivity contribution is -0.113. The van der Waals surface area contributed by atoms with E-state index < -0.39 is 0 Å². The van der Waals surface area contributed by atoms with Gasteiger partial charge in [-0.25, -0.2) is 0 Å².